The Balaban J connectivity index is 1.95. The SMILES string of the molecule is COc1cccc(C2/C(=C(\O)c3ccc(OC)c(Cl)c3)C(=O)C(=O)N2c2nc(C)c(C)s2)c1. The van der Waals surface area contributed by atoms with Crippen LogP contribution in [0.5, 0.6) is 11.5 Å². The molecule has 1 saturated heterocycles. The molecule has 2 heterocycles. The van der Waals surface area contributed by atoms with E-state index in [0.29, 0.717) is 22.2 Å². The molecule has 1 amide bonds. The standard InChI is InChI=1S/C24H21ClN2O5S/c1-12-13(2)33-24(26-12)27-20(14-6-5-7-16(10-14)31-3)19(22(29)23(27)30)21(28)15-8-9-18(32-4)17(25)11-15/h5-11,20,28H,1-4H3/b21-19+. The fraction of sp³-hybridized carbons (Fsp3) is 0.208. The number of carbonyl (C=O) groups excluding carboxylic acids is 2. The number of anilines is 1. The number of halogens is 1. The summed E-state index contributed by atoms with van der Waals surface area (Å²) in [5, 5.41) is 11.9. The number of methoxy groups -OCH3 is 2. The van der Waals surface area contributed by atoms with Gasteiger partial charge >= 0.3 is 5.91 Å². The summed E-state index contributed by atoms with van der Waals surface area (Å²) in [6.45, 7) is 3.73. The summed E-state index contributed by atoms with van der Waals surface area (Å²) in [6, 6.07) is 10.8. The smallest absolute Gasteiger partial charge is 0.301 e. The maximum Gasteiger partial charge on any atom is 0.301 e. The summed E-state index contributed by atoms with van der Waals surface area (Å²) < 4.78 is 10.5. The molecule has 1 aromatic heterocycles. The van der Waals surface area contributed by atoms with Crippen LogP contribution in [0.3, 0.4) is 0 Å². The molecule has 3 aromatic rings. The lowest BCUT2D eigenvalue weighted by Crippen LogP contribution is -2.29. The minimum atomic E-state index is -0.897. The quantitative estimate of drug-likeness (QED) is 0.309. The second-order valence-corrected chi connectivity index (χ2v) is 9.02. The van der Waals surface area contributed by atoms with Gasteiger partial charge in [-0.3, -0.25) is 14.5 Å². The molecule has 1 unspecified atom stereocenters. The van der Waals surface area contributed by atoms with E-state index in [9.17, 15) is 14.7 Å². The van der Waals surface area contributed by atoms with Gasteiger partial charge in [-0.2, -0.15) is 0 Å². The normalized spacial score (nSPS) is 17.5. The maximum atomic E-state index is 13.2. The number of hydrogen-bond acceptors (Lipinski definition) is 7. The van der Waals surface area contributed by atoms with E-state index in [1.807, 2.05) is 13.8 Å². The molecule has 1 fully saturated rings. The highest BCUT2D eigenvalue weighted by atomic mass is 35.5. The number of aromatic nitrogens is 1. The molecule has 0 aliphatic carbocycles. The second-order valence-electron chi connectivity index (χ2n) is 7.43. The number of rotatable bonds is 5. The van der Waals surface area contributed by atoms with Crippen molar-refractivity contribution in [1.29, 1.82) is 0 Å². The van der Waals surface area contributed by atoms with Crippen molar-refractivity contribution in [2.45, 2.75) is 19.9 Å². The molecule has 0 radical (unpaired) electrons. The molecule has 33 heavy (non-hydrogen) atoms. The van der Waals surface area contributed by atoms with Gasteiger partial charge in [-0.15, -0.1) is 11.3 Å². The lowest BCUT2D eigenvalue weighted by Gasteiger charge is -2.23. The van der Waals surface area contributed by atoms with Gasteiger partial charge in [-0.25, -0.2) is 4.98 Å². The van der Waals surface area contributed by atoms with E-state index in [0.717, 1.165) is 10.6 Å². The van der Waals surface area contributed by atoms with Crippen LogP contribution in [0.1, 0.15) is 27.7 Å². The van der Waals surface area contributed by atoms with Crippen molar-refractivity contribution < 1.29 is 24.2 Å². The molecule has 0 spiro atoms. The van der Waals surface area contributed by atoms with E-state index in [2.05, 4.69) is 4.98 Å². The molecule has 170 valence electrons. The molecule has 4 rings (SSSR count). The van der Waals surface area contributed by atoms with Crippen molar-refractivity contribution in [3.8, 4) is 11.5 Å². The Bertz CT molecular complexity index is 1280. The Hall–Kier alpha value is -3.36. The number of hydrogen-bond donors (Lipinski definition) is 1. The Kier molecular flexibility index (Phi) is 6.14. The first-order chi connectivity index (χ1) is 15.8. The predicted molar refractivity (Wildman–Crippen MR) is 127 cm³/mol. The number of nitrogens with zero attached hydrogens (tertiary/aromatic N) is 2. The van der Waals surface area contributed by atoms with Crippen LogP contribution in [0.15, 0.2) is 48.0 Å². The van der Waals surface area contributed by atoms with E-state index < -0.39 is 17.7 Å². The van der Waals surface area contributed by atoms with Crippen LogP contribution in [0.2, 0.25) is 5.02 Å². The van der Waals surface area contributed by atoms with Crippen molar-refractivity contribution in [2.75, 3.05) is 19.1 Å². The number of carbonyl (C=O) groups is 2. The Morgan fingerprint density at radius 2 is 1.88 bits per heavy atom. The van der Waals surface area contributed by atoms with Crippen molar-refractivity contribution in [2.24, 2.45) is 0 Å². The van der Waals surface area contributed by atoms with Crippen LogP contribution in [-0.4, -0.2) is 36.0 Å². The molecule has 1 N–H and O–H groups in total. The minimum absolute atomic E-state index is 0.0556. The first kappa shape index (κ1) is 22.8. The summed E-state index contributed by atoms with van der Waals surface area (Å²) in [7, 11) is 3.01. The lowest BCUT2D eigenvalue weighted by molar-refractivity contribution is -0.132. The zero-order chi connectivity index (χ0) is 23.9. The number of ketones is 1. The molecule has 1 aliphatic rings. The molecule has 0 bridgehead atoms. The van der Waals surface area contributed by atoms with E-state index in [1.54, 1.807) is 36.4 Å². The number of amides is 1. The van der Waals surface area contributed by atoms with Gasteiger partial charge in [0.05, 0.1) is 36.6 Å². The average Bonchev–Trinajstić information content (AvgIpc) is 3.28. The number of aliphatic hydroxyl groups is 1. The van der Waals surface area contributed by atoms with E-state index in [1.165, 1.54) is 36.5 Å². The van der Waals surface area contributed by atoms with Crippen LogP contribution in [0.4, 0.5) is 5.13 Å². The van der Waals surface area contributed by atoms with Crippen molar-refractivity contribution >= 4 is 45.5 Å². The highest BCUT2D eigenvalue weighted by Gasteiger charge is 2.48. The van der Waals surface area contributed by atoms with Gasteiger partial charge in [0.15, 0.2) is 5.13 Å². The Morgan fingerprint density at radius 3 is 2.48 bits per heavy atom. The third-order valence-electron chi connectivity index (χ3n) is 5.50. The average molecular weight is 485 g/mol. The lowest BCUT2D eigenvalue weighted by atomic mass is 9.95. The van der Waals surface area contributed by atoms with Crippen LogP contribution in [0.25, 0.3) is 5.76 Å². The fourth-order valence-corrected chi connectivity index (χ4v) is 4.88. The molecular formula is C24H21ClN2O5S. The monoisotopic (exact) mass is 484 g/mol. The van der Waals surface area contributed by atoms with Crippen LogP contribution < -0.4 is 14.4 Å². The number of Topliss-reactive ketones (excluding diaryl/α,β-unsaturated/α-hetero) is 1. The molecule has 0 saturated carbocycles. The molecule has 1 aliphatic heterocycles. The first-order valence-corrected chi connectivity index (χ1v) is 11.2. The number of thiazole rings is 1. The summed E-state index contributed by atoms with van der Waals surface area (Å²) in [5.41, 5.74) is 1.60. The summed E-state index contributed by atoms with van der Waals surface area (Å²) in [5.74, 6) is -0.933. The van der Waals surface area contributed by atoms with Gasteiger partial charge in [0.25, 0.3) is 5.78 Å². The highest BCUT2D eigenvalue weighted by molar-refractivity contribution is 7.16. The first-order valence-electron chi connectivity index (χ1n) is 9.99. The van der Waals surface area contributed by atoms with Gasteiger partial charge < -0.3 is 14.6 Å². The van der Waals surface area contributed by atoms with Gasteiger partial charge in [-0.1, -0.05) is 23.7 Å². The Labute approximate surface area is 199 Å². The summed E-state index contributed by atoms with van der Waals surface area (Å²) in [6.07, 6.45) is 0. The maximum absolute atomic E-state index is 13.2. The number of aryl methyl sites for hydroxylation is 2. The van der Waals surface area contributed by atoms with Crippen LogP contribution in [-0.2, 0) is 9.59 Å². The van der Waals surface area contributed by atoms with Gasteiger partial charge in [0.1, 0.15) is 17.3 Å². The number of aliphatic hydroxyl groups excluding tert-OH is 1. The largest absolute Gasteiger partial charge is 0.507 e. The molecule has 1 atom stereocenters. The Morgan fingerprint density at radius 1 is 1.12 bits per heavy atom. The topological polar surface area (TPSA) is 89.0 Å². The van der Waals surface area contributed by atoms with Gasteiger partial charge in [0.2, 0.25) is 0 Å². The zero-order valence-electron chi connectivity index (χ0n) is 18.4. The van der Waals surface area contributed by atoms with Crippen molar-refractivity contribution in [3.05, 3.63) is 74.8 Å². The van der Waals surface area contributed by atoms with Gasteiger partial charge in [0, 0.05) is 10.4 Å². The third-order valence-corrected chi connectivity index (χ3v) is 6.87. The van der Waals surface area contributed by atoms with E-state index in [-0.39, 0.29) is 21.9 Å². The molecule has 2 aromatic carbocycles. The van der Waals surface area contributed by atoms with Crippen molar-refractivity contribution in [1.82, 2.24) is 4.98 Å². The second kappa shape index (κ2) is 8.88. The van der Waals surface area contributed by atoms with E-state index in [4.69, 9.17) is 21.1 Å². The fourth-order valence-electron chi connectivity index (χ4n) is 3.68. The predicted octanol–water partition coefficient (Wildman–Crippen LogP) is 5.06. The zero-order valence-corrected chi connectivity index (χ0v) is 20.0. The van der Waals surface area contributed by atoms with Crippen LogP contribution in [0, 0.1) is 13.8 Å². The molecular weight excluding hydrogens is 464 g/mol. The van der Waals surface area contributed by atoms with E-state index >= 15 is 0 Å². The molecule has 9 heteroatoms. The number of ether oxygens (including phenoxy) is 2. The minimum Gasteiger partial charge on any atom is -0.507 e. The van der Waals surface area contributed by atoms with Crippen LogP contribution >= 0.6 is 22.9 Å². The third kappa shape index (κ3) is 3.96. The van der Waals surface area contributed by atoms with Crippen molar-refractivity contribution in [3.63, 3.8) is 0 Å². The molecule has 7 nitrogen and oxygen atoms in total. The summed E-state index contributed by atoms with van der Waals surface area (Å²) in [4.78, 5) is 33.2. The number of benzene rings is 2. The summed E-state index contributed by atoms with van der Waals surface area (Å²) >= 11 is 7.55. The highest BCUT2D eigenvalue weighted by Crippen LogP contribution is 2.44. The van der Waals surface area contributed by atoms with Gasteiger partial charge in [-0.05, 0) is 49.7 Å².